The standard InChI is InChI=1S/C14H31N5/c1-17-12-13-18-8-2-4-16-7-11-19(14-17)9-3-5-15-6-10-18/h15-16H,2-14H2,1H3. The van der Waals surface area contributed by atoms with Crippen molar-refractivity contribution in [2.75, 3.05) is 79.2 Å². The van der Waals surface area contributed by atoms with Crippen LogP contribution in [0, 0.1) is 0 Å². The van der Waals surface area contributed by atoms with Crippen molar-refractivity contribution in [1.82, 2.24) is 25.3 Å². The number of nitrogens with zero attached hydrogens (tertiary/aromatic N) is 3. The maximum absolute atomic E-state index is 3.59. The molecule has 2 bridgehead atoms. The summed E-state index contributed by atoms with van der Waals surface area (Å²) in [5.74, 6) is 0. The molecule has 2 saturated heterocycles. The van der Waals surface area contributed by atoms with Crippen LogP contribution >= 0.6 is 0 Å². The molecule has 112 valence electrons. The van der Waals surface area contributed by atoms with Gasteiger partial charge in [0.05, 0.1) is 6.67 Å². The summed E-state index contributed by atoms with van der Waals surface area (Å²) in [6.07, 6.45) is 2.53. The van der Waals surface area contributed by atoms with E-state index in [0.717, 1.165) is 32.8 Å². The Balaban J connectivity index is 1.96. The Bertz CT molecular complexity index is 220. The van der Waals surface area contributed by atoms with Crippen molar-refractivity contribution in [2.24, 2.45) is 0 Å². The first-order chi connectivity index (χ1) is 9.34. The lowest BCUT2D eigenvalue weighted by atomic mass is 10.3. The topological polar surface area (TPSA) is 33.8 Å². The van der Waals surface area contributed by atoms with Crippen molar-refractivity contribution in [1.29, 1.82) is 0 Å². The van der Waals surface area contributed by atoms with Crippen LogP contribution in [-0.2, 0) is 0 Å². The lowest BCUT2D eigenvalue weighted by Crippen LogP contribution is -2.46. The summed E-state index contributed by atoms with van der Waals surface area (Å²) < 4.78 is 0. The Kier molecular flexibility index (Phi) is 7.09. The fourth-order valence-electron chi connectivity index (χ4n) is 2.89. The average molecular weight is 269 g/mol. The molecular weight excluding hydrogens is 238 g/mol. The van der Waals surface area contributed by atoms with Crippen molar-refractivity contribution in [2.45, 2.75) is 12.8 Å². The Morgan fingerprint density at radius 2 is 1.26 bits per heavy atom. The first-order valence-electron chi connectivity index (χ1n) is 7.89. The van der Waals surface area contributed by atoms with Gasteiger partial charge in [0.1, 0.15) is 0 Å². The maximum atomic E-state index is 3.59. The molecule has 0 aliphatic carbocycles. The molecule has 2 fully saturated rings. The van der Waals surface area contributed by atoms with Gasteiger partial charge in [-0.05, 0) is 39.5 Å². The summed E-state index contributed by atoms with van der Waals surface area (Å²) in [5.41, 5.74) is 0. The van der Waals surface area contributed by atoms with Crippen LogP contribution in [0.25, 0.3) is 0 Å². The van der Waals surface area contributed by atoms with E-state index in [2.05, 4.69) is 32.4 Å². The zero-order valence-corrected chi connectivity index (χ0v) is 12.5. The minimum atomic E-state index is 1.11. The molecule has 2 atom stereocenters. The molecule has 2 heterocycles. The van der Waals surface area contributed by atoms with Gasteiger partial charge < -0.3 is 15.5 Å². The Labute approximate surface area is 118 Å². The van der Waals surface area contributed by atoms with Crippen LogP contribution in [0.2, 0.25) is 0 Å². The largest absolute Gasteiger partial charge is 0.315 e. The third-order valence-corrected chi connectivity index (χ3v) is 4.10. The normalized spacial score (nSPS) is 33.3. The van der Waals surface area contributed by atoms with Crippen LogP contribution in [0.15, 0.2) is 0 Å². The number of fused-ring (bicyclic) bond motifs is 5. The molecule has 0 aromatic heterocycles. The number of hydrogen-bond donors (Lipinski definition) is 2. The summed E-state index contributed by atoms with van der Waals surface area (Å²) in [5, 5.41) is 7.17. The molecule has 2 aliphatic rings. The number of likely N-dealkylation sites (N-methyl/N-ethyl adjacent to an activating group) is 1. The molecule has 2 unspecified atom stereocenters. The zero-order valence-electron chi connectivity index (χ0n) is 12.5. The summed E-state index contributed by atoms with van der Waals surface area (Å²) in [6.45, 7) is 12.9. The van der Waals surface area contributed by atoms with E-state index in [4.69, 9.17) is 0 Å². The van der Waals surface area contributed by atoms with E-state index in [1.165, 1.54) is 52.1 Å². The summed E-state index contributed by atoms with van der Waals surface area (Å²) >= 11 is 0. The fourth-order valence-corrected chi connectivity index (χ4v) is 2.89. The second kappa shape index (κ2) is 8.87. The van der Waals surface area contributed by atoms with E-state index in [9.17, 15) is 0 Å². The molecule has 2 aliphatic heterocycles. The minimum absolute atomic E-state index is 1.11. The molecule has 2 N–H and O–H groups in total. The number of hydrogen-bond acceptors (Lipinski definition) is 5. The first kappa shape index (κ1) is 15.2. The Hall–Kier alpha value is -0.200. The van der Waals surface area contributed by atoms with Crippen molar-refractivity contribution >= 4 is 0 Å². The molecule has 5 nitrogen and oxygen atoms in total. The van der Waals surface area contributed by atoms with E-state index in [1.807, 2.05) is 0 Å². The van der Waals surface area contributed by atoms with Crippen LogP contribution in [0.5, 0.6) is 0 Å². The Morgan fingerprint density at radius 3 is 2.00 bits per heavy atom. The van der Waals surface area contributed by atoms with E-state index in [-0.39, 0.29) is 0 Å². The van der Waals surface area contributed by atoms with Gasteiger partial charge in [-0.3, -0.25) is 9.80 Å². The number of nitrogens with one attached hydrogen (secondary N) is 2. The van der Waals surface area contributed by atoms with Crippen LogP contribution < -0.4 is 10.6 Å². The van der Waals surface area contributed by atoms with Crippen molar-refractivity contribution in [3.8, 4) is 0 Å². The van der Waals surface area contributed by atoms with Gasteiger partial charge in [-0.25, -0.2) is 0 Å². The van der Waals surface area contributed by atoms with Gasteiger partial charge in [0.25, 0.3) is 0 Å². The maximum Gasteiger partial charge on any atom is 0.0504 e. The molecule has 0 aromatic carbocycles. The molecule has 5 heteroatoms. The first-order valence-corrected chi connectivity index (χ1v) is 7.89. The van der Waals surface area contributed by atoms with Crippen LogP contribution in [0.1, 0.15) is 12.8 Å². The van der Waals surface area contributed by atoms with Gasteiger partial charge in [-0.1, -0.05) is 0 Å². The van der Waals surface area contributed by atoms with Crippen LogP contribution in [0.3, 0.4) is 0 Å². The second-order valence-electron chi connectivity index (χ2n) is 5.89. The molecule has 0 amide bonds. The lowest BCUT2D eigenvalue weighted by Gasteiger charge is -2.32. The van der Waals surface area contributed by atoms with Crippen LogP contribution in [0.4, 0.5) is 0 Å². The van der Waals surface area contributed by atoms with Crippen molar-refractivity contribution in [3.63, 3.8) is 0 Å². The van der Waals surface area contributed by atoms with E-state index in [0.29, 0.717) is 0 Å². The van der Waals surface area contributed by atoms with Gasteiger partial charge in [0.2, 0.25) is 0 Å². The molecule has 0 radical (unpaired) electrons. The van der Waals surface area contributed by atoms with E-state index >= 15 is 0 Å². The number of rotatable bonds is 0. The quantitative estimate of drug-likeness (QED) is 0.618. The predicted molar refractivity (Wildman–Crippen MR) is 80.5 cm³/mol. The molecular formula is C14H31N5. The van der Waals surface area contributed by atoms with Gasteiger partial charge in [-0.2, -0.15) is 0 Å². The average Bonchev–Trinajstić information content (AvgIpc) is 2.39. The van der Waals surface area contributed by atoms with Crippen LogP contribution in [-0.4, -0.2) is 93.9 Å². The molecule has 0 aromatic rings. The highest BCUT2D eigenvalue weighted by Gasteiger charge is 2.12. The lowest BCUT2D eigenvalue weighted by molar-refractivity contribution is 0.129. The fraction of sp³-hybridized carbons (Fsp3) is 1.00. The highest BCUT2D eigenvalue weighted by Crippen LogP contribution is 1.99. The smallest absolute Gasteiger partial charge is 0.0504 e. The summed E-state index contributed by atoms with van der Waals surface area (Å²) in [4.78, 5) is 7.67. The minimum Gasteiger partial charge on any atom is -0.315 e. The monoisotopic (exact) mass is 269 g/mol. The SMILES string of the molecule is CN1CCN2CCCNCCN(CCCNCC2)C1. The molecule has 19 heavy (non-hydrogen) atoms. The van der Waals surface area contributed by atoms with Gasteiger partial charge in [-0.15, -0.1) is 0 Å². The van der Waals surface area contributed by atoms with E-state index < -0.39 is 0 Å². The predicted octanol–water partition coefficient (Wildman–Crippen LogP) is -0.534. The van der Waals surface area contributed by atoms with Gasteiger partial charge >= 0.3 is 0 Å². The van der Waals surface area contributed by atoms with Gasteiger partial charge in [0.15, 0.2) is 0 Å². The third kappa shape index (κ3) is 6.19. The molecule has 0 spiro atoms. The second-order valence-corrected chi connectivity index (χ2v) is 5.89. The third-order valence-electron chi connectivity index (χ3n) is 4.10. The zero-order chi connectivity index (χ0) is 13.3. The van der Waals surface area contributed by atoms with Crippen molar-refractivity contribution in [3.05, 3.63) is 0 Å². The van der Waals surface area contributed by atoms with Gasteiger partial charge in [0, 0.05) is 45.8 Å². The summed E-state index contributed by atoms with van der Waals surface area (Å²) in [7, 11) is 2.26. The Morgan fingerprint density at radius 1 is 0.632 bits per heavy atom. The highest BCUT2D eigenvalue weighted by molar-refractivity contribution is 4.69. The molecule has 2 rings (SSSR count). The van der Waals surface area contributed by atoms with Crippen molar-refractivity contribution < 1.29 is 0 Å². The van der Waals surface area contributed by atoms with E-state index in [1.54, 1.807) is 0 Å². The molecule has 0 saturated carbocycles. The highest BCUT2D eigenvalue weighted by atomic mass is 15.3. The summed E-state index contributed by atoms with van der Waals surface area (Å²) in [6, 6.07) is 0.